The highest BCUT2D eigenvalue weighted by Gasteiger charge is 2.28. The van der Waals surface area contributed by atoms with Crippen LogP contribution in [0.2, 0.25) is 0 Å². The number of carbonyl (C=O) groups excluding carboxylic acids is 1. The number of rotatable bonds is 10. The van der Waals surface area contributed by atoms with Gasteiger partial charge in [0.2, 0.25) is 0 Å². The maximum Gasteiger partial charge on any atom is 0.316 e. The van der Waals surface area contributed by atoms with Crippen molar-refractivity contribution < 1.29 is 29.6 Å². The van der Waals surface area contributed by atoms with E-state index in [2.05, 4.69) is 9.97 Å². The van der Waals surface area contributed by atoms with Gasteiger partial charge < -0.3 is 29.6 Å². The highest BCUT2D eigenvalue weighted by Crippen LogP contribution is 2.47. The molecule has 3 aromatic carbocycles. The zero-order chi connectivity index (χ0) is 28.4. The van der Waals surface area contributed by atoms with Crippen LogP contribution in [0.15, 0.2) is 60.7 Å². The number of aliphatic hydroxyl groups excluding tert-OH is 2. The molecule has 8 nitrogen and oxygen atoms in total. The molecular formula is C32H31N2O6-. The number of aliphatic hydroxyl groups is 2. The maximum atomic E-state index is 11.4. The average molecular weight is 540 g/mol. The van der Waals surface area contributed by atoms with Crippen LogP contribution in [0.4, 0.5) is 0 Å². The Kier molecular flexibility index (Phi) is 7.82. The zero-order valence-corrected chi connectivity index (χ0v) is 22.7. The molecule has 2 N–H and O–H groups in total. The molecule has 2 atom stereocenters. The van der Waals surface area contributed by atoms with Crippen molar-refractivity contribution >= 4 is 5.97 Å². The van der Waals surface area contributed by atoms with Crippen molar-refractivity contribution in [3.05, 3.63) is 94.3 Å². The molecule has 1 heterocycles. The summed E-state index contributed by atoms with van der Waals surface area (Å²) in [6.45, 7) is 5.67. The van der Waals surface area contributed by atoms with Crippen molar-refractivity contribution in [3.8, 4) is 34.0 Å². The van der Waals surface area contributed by atoms with Crippen LogP contribution in [0.25, 0.3) is 22.3 Å². The fraction of sp³-hybridized carbons (Fsp3) is 0.281. The molecule has 0 fully saturated rings. The van der Waals surface area contributed by atoms with Gasteiger partial charge in [0.25, 0.3) is 0 Å². The predicted molar refractivity (Wildman–Crippen MR) is 148 cm³/mol. The molecule has 0 amide bonds. The third-order valence-electron chi connectivity index (χ3n) is 7.37. The summed E-state index contributed by atoms with van der Waals surface area (Å²) in [6, 6.07) is 19.9. The van der Waals surface area contributed by atoms with Crippen LogP contribution in [-0.4, -0.2) is 45.5 Å². The summed E-state index contributed by atoms with van der Waals surface area (Å²) < 4.78 is 11.7. The normalized spacial score (nSPS) is 14.4. The molecule has 0 saturated carbocycles. The van der Waals surface area contributed by atoms with E-state index in [0.29, 0.717) is 12.4 Å². The van der Waals surface area contributed by atoms with Gasteiger partial charge in [0, 0.05) is 17.5 Å². The molecule has 4 aromatic rings. The van der Waals surface area contributed by atoms with Crippen molar-refractivity contribution in [2.24, 2.45) is 0 Å². The molecule has 0 spiro atoms. The second-order valence-corrected chi connectivity index (χ2v) is 10.0. The maximum absolute atomic E-state index is 11.4. The lowest BCUT2D eigenvalue weighted by Crippen LogP contribution is -2.24. The van der Waals surface area contributed by atoms with Crippen LogP contribution < -0.4 is 14.6 Å². The van der Waals surface area contributed by atoms with Gasteiger partial charge in [0.15, 0.2) is 0 Å². The second kappa shape index (κ2) is 11.5. The third-order valence-corrected chi connectivity index (χ3v) is 7.37. The highest BCUT2D eigenvalue weighted by molar-refractivity contribution is 5.82. The Labute approximate surface area is 232 Å². The summed E-state index contributed by atoms with van der Waals surface area (Å²) in [5, 5.41) is 30.0. The number of carbonyl (C=O) groups is 1. The Morgan fingerprint density at radius 2 is 1.62 bits per heavy atom. The van der Waals surface area contributed by atoms with E-state index in [4.69, 9.17) is 14.6 Å². The first-order valence-corrected chi connectivity index (χ1v) is 13.2. The van der Waals surface area contributed by atoms with Gasteiger partial charge in [-0.2, -0.15) is 9.97 Å². The molecule has 1 aliphatic rings. The van der Waals surface area contributed by atoms with Gasteiger partial charge in [-0.1, -0.05) is 48.5 Å². The molecular weight excluding hydrogens is 508 g/mol. The standard InChI is InChI=1S/C32H32N2O6/c1-18-21(7-6-10-24(18)31-19(2)33-32(34-20(31)3)40-17-22(36)15-35)16-39-23-11-12-27-28(13-23)25-8-4-5-9-26(25)29(27)14-30(37)38/h4-13,22,29,35-36H,14-17H2,1-3H3,(H,37,38)/p-1/t22-,29?/m1/s1. The first-order chi connectivity index (χ1) is 19.3. The third kappa shape index (κ3) is 5.41. The molecule has 1 aliphatic carbocycles. The minimum Gasteiger partial charge on any atom is -0.550 e. The Morgan fingerprint density at radius 1 is 0.925 bits per heavy atom. The van der Waals surface area contributed by atoms with Gasteiger partial charge in [-0.15, -0.1) is 0 Å². The van der Waals surface area contributed by atoms with Gasteiger partial charge in [-0.3, -0.25) is 0 Å². The van der Waals surface area contributed by atoms with E-state index in [-0.39, 0.29) is 25.0 Å². The Balaban J connectivity index is 1.37. The lowest BCUT2D eigenvalue weighted by atomic mass is 9.94. The van der Waals surface area contributed by atoms with Gasteiger partial charge in [-0.25, -0.2) is 0 Å². The molecule has 8 heteroatoms. The number of hydrogen-bond donors (Lipinski definition) is 2. The number of ether oxygens (including phenoxy) is 2. The molecule has 1 unspecified atom stereocenters. The topological polar surface area (TPSA) is 125 Å². The Morgan fingerprint density at radius 3 is 2.35 bits per heavy atom. The SMILES string of the molecule is Cc1nc(OC[C@H](O)CO)nc(C)c1-c1cccc(COc2ccc3c(c2)-c2ccccc2C3CC(=O)[O-])c1C. The zero-order valence-electron chi connectivity index (χ0n) is 22.7. The molecule has 0 saturated heterocycles. The number of aromatic nitrogens is 2. The van der Waals surface area contributed by atoms with E-state index < -0.39 is 18.7 Å². The Bertz CT molecular complexity index is 1540. The molecule has 0 aliphatic heterocycles. The lowest BCUT2D eigenvalue weighted by molar-refractivity contribution is -0.305. The van der Waals surface area contributed by atoms with Crippen LogP contribution in [0.1, 0.15) is 46.0 Å². The number of fused-ring (bicyclic) bond motifs is 3. The number of aryl methyl sites for hydroxylation is 2. The van der Waals surface area contributed by atoms with E-state index in [0.717, 1.165) is 55.9 Å². The van der Waals surface area contributed by atoms with Crippen molar-refractivity contribution in [1.82, 2.24) is 9.97 Å². The quantitative estimate of drug-likeness (QED) is 0.313. The van der Waals surface area contributed by atoms with Crippen molar-refractivity contribution in [2.45, 2.75) is 45.8 Å². The molecule has 0 bridgehead atoms. The van der Waals surface area contributed by atoms with Crippen molar-refractivity contribution in [1.29, 1.82) is 0 Å². The summed E-state index contributed by atoms with van der Waals surface area (Å²) in [5.74, 6) is -0.592. The van der Waals surface area contributed by atoms with E-state index >= 15 is 0 Å². The van der Waals surface area contributed by atoms with E-state index in [1.807, 2.05) is 81.4 Å². The molecule has 1 aromatic heterocycles. The van der Waals surface area contributed by atoms with Crippen molar-refractivity contribution in [3.63, 3.8) is 0 Å². The second-order valence-electron chi connectivity index (χ2n) is 10.0. The number of carboxylic acids is 1. The first kappa shape index (κ1) is 27.3. The fourth-order valence-electron chi connectivity index (χ4n) is 5.40. The number of aliphatic carboxylic acids is 1. The van der Waals surface area contributed by atoms with Crippen LogP contribution in [0.5, 0.6) is 11.8 Å². The Hall–Kier alpha value is -4.27. The van der Waals surface area contributed by atoms with E-state index in [1.165, 1.54) is 0 Å². The number of benzene rings is 3. The summed E-state index contributed by atoms with van der Waals surface area (Å²) in [6.07, 6.45) is -1.05. The van der Waals surface area contributed by atoms with Crippen LogP contribution in [0, 0.1) is 20.8 Å². The molecule has 40 heavy (non-hydrogen) atoms. The lowest BCUT2D eigenvalue weighted by Gasteiger charge is -2.17. The minimum absolute atomic E-state index is 0.0591. The molecule has 206 valence electrons. The minimum atomic E-state index is -1.07. The fourth-order valence-corrected chi connectivity index (χ4v) is 5.40. The monoisotopic (exact) mass is 539 g/mol. The highest BCUT2D eigenvalue weighted by atomic mass is 16.5. The van der Waals surface area contributed by atoms with Crippen molar-refractivity contribution in [2.75, 3.05) is 13.2 Å². The van der Waals surface area contributed by atoms with Crippen LogP contribution >= 0.6 is 0 Å². The summed E-state index contributed by atoms with van der Waals surface area (Å²) in [4.78, 5) is 20.3. The number of carboxylic acid groups (broad SMARTS) is 1. The largest absolute Gasteiger partial charge is 0.550 e. The van der Waals surface area contributed by atoms with Gasteiger partial charge >= 0.3 is 6.01 Å². The predicted octanol–water partition coefficient (Wildman–Crippen LogP) is 3.63. The molecule has 0 radical (unpaired) electrons. The van der Waals surface area contributed by atoms with Gasteiger partial charge in [-0.05, 0) is 78.3 Å². The first-order valence-electron chi connectivity index (χ1n) is 13.2. The van der Waals surface area contributed by atoms with E-state index in [9.17, 15) is 15.0 Å². The number of nitrogens with zero attached hydrogens (tertiary/aromatic N) is 2. The molecule has 5 rings (SSSR count). The van der Waals surface area contributed by atoms with Crippen LogP contribution in [0.3, 0.4) is 0 Å². The summed E-state index contributed by atoms with van der Waals surface area (Å²) in [7, 11) is 0. The van der Waals surface area contributed by atoms with Gasteiger partial charge in [0.05, 0.1) is 18.0 Å². The summed E-state index contributed by atoms with van der Waals surface area (Å²) in [5.41, 5.74) is 9.42. The van der Waals surface area contributed by atoms with E-state index in [1.54, 1.807) is 0 Å². The smallest absolute Gasteiger partial charge is 0.316 e. The summed E-state index contributed by atoms with van der Waals surface area (Å²) >= 11 is 0. The average Bonchev–Trinajstić information content (AvgIpc) is 3.24. The number of hydrogen-bond acceptors (Lipinski definition) is 8. The van der Waals surface area contributed by atoms with Crippen LogP contribution in [-0.2, 0) is 11.4 Å². The van der Waals surface area contributed by atoms with Gasteiger partial charge in [0.1, 0.15) is 25.1 Å².